The third kappa shape index (κ3) is 2.99. The van der Waals surface area contributed by atoms with Crippen LogP contribution < -0.4 is 4.90 Å². The van der Waals surface area contributed by atoms with E-state index in [1.807, 2.05) is 25.1 Å². The first-order chi connectivity index (χ1) is 13.0. The van der Waals surface area contributed by atoms with E-state index in [1.165, 1.54) is 11.6 Å². The van der Waals surface area contributed by atoms with E-state index in [4.69, 9.17) is 0 Å². The minimum absolute atomic E-state index is 0.0310. The summed E-state index contributed by atoms with van der Waals surface area (Å²) in [4.78, 5) is 28.1. The van der Waals surface area contributed by atoms with Gasteiger partial charge in [-0.15, -0.1) is 0 Å². The average Bonchev–Trinajstić information content (AvgIpc) is 2.63. The Morgan fingerprint density at radius 2 is 2.00 bits per heavy atom. The number of carbonyl (C=O) groups is 2. The van der Waals surface area contributed by atoms with E-state index < -0.39 is 0 Å². The van der Waals surface area contributed by atoms with Crippen molar-refractivity contribution in [3.05, 3.63) is 71.3 Å². The van der Waals surface area contributed by atoms with Crippen LogP contribution in [0.5, 0.6) is 5.75 Å². The number of phenols is 1. The summed E-state index contributed by atoms with van der Waals surface area (Å²) in [7, 11) is 0. The molecule has 0 unspecified atom stereocenters. The number of rotatable bonds is 3. The molecule has 0 saturated carbocycles. The van der Waals surface area contributed by atoms with Gasteiger partial charge in [0.1, 0.15) is 5.75 Å². The number of carbonyl (C=O) groups excluding carboxylic acids is 2. The van der Waals surface area contributed by atoms with Gasteiger partial charge in [0.25, 0.3) is 5.91 Å². The summed E-state index contributed by atoms with van der Waals surface area (Å²) >= 11 is 0. The van der Waals surface area contributed by atoms with Crippen LogP contribution in [0.15, 0.2) is 49.1 Å². The van der Waals surface area contributed by atoms with Gasteiger partial charge < -0.3 is 14.9 Å². The highest BCUT2D eigenvalue weighted by Gasteiger charge is 2.32. The molecule has 0 radical (unpaired) electrons. The van der Waals surface area contributed by atoms with Gasteiger partial charge in [-0.3, -0.25) is 9.59 Å². The van der Waals surface area contributed by atoms with Crippen LogP contribution in [0.1, 0.15) is 33.0 Å². The lowest BCUT2D eigenvalue weighted by atomic mass is 9.87. The molecule has 0 bridgehead atoms. The molecular weight excluding hydrogens is 340 g/mol. The van der Waals surface area contributed by atoms with E-state index in [1.54, 1.807) is 21.9 Å². The first-order valence-corrected chi connectivity index (χ1v) is 9.13. The molecule has 0 atom stereocenters. The van der Waals surface area contributed by atoms with Crippen molar-refractivity contribution in [3.63, 3.8) is 0 Å². The highest BCUT2D eigenvalue weighted by Crippen LogP contribution is 2.33. The normalized spacial score (nSPS) is 16.7. The zero-order valence-electron chi connectivity index (χ0n) is 15.3. The number of benzene rings is 2. The number of aryl methyl sites for hydroxylation is 1. The monoisotopic (exact) mass is 362 g/mol. The molecule has 5 nitrogen and oxygen atoms in total. The summed E-state index contributed by atoms with van der Waals surface area (Å²) < 4.78 is 0. The van der Waals surface area contributed by atoms with Crippen LogP contribution in [0.4, 0.5) is 5.69 Å². The number of hydrogen-bond acceptors (Lipinski definition) is 3. The molecule has 1 N–H and O–H groups in total. The number of nitrogens with zero attached hydrogens (tertiary/aromatic N) is 2. The van der Waals surface area contributed by atoms with Gasteiger partial charge >= 0.3 is 0 Å². The Morgan fingerprint density at radius 3 is 2.74 bits per heavy atom. The van der Waals surface area contributed by atoms with Crippen molar-refractivity contribution in [2.24, 2.45) is 0 Å². The molecule has 138 valence electrons. The quantitative estimate of drug-likeness (QED) is 0.854. The summed E-state index contributed by atoms with van der Waals surface area (Å²) in [5, 5.41) is 9.79. The number of fused-ring (bicyclic) bond motifs is 1. The van der Waals surface area contributed by atoms with Crippen LogP contribution in [-0.4, -0.2) is 41.5 Å². The second-order valence-electron chi connectivity index (χ2n) is 7.24. The van der Waals surface area contributed by atoms with E-state index in [0.29, 0.717) is 31.1 Å². The van der Waals surface area contributed by atoms with Crippen LogP contribution in [0.2, 0.25) is 0 Å². The van der Waals surface area contributed by atoms with Gasteiger partial charge in [0, 0.05) is 37.2 Å². The predicted octanol–water partition coefficient (Wildman–Crippen LogP) is 3.02. The Hall–Kier alpha value is -3.08. The Labute approximate surface area is 158 Å². The predicted molar refractivity (Wildman–Crippen MR) is 104 cm³/mol. The van der Waals surface area contributed by atoms with E-state index in [9.17, 15) is 14.7 Å². The lowest BCUT2D eigenvalue weighted by Crippen LogP contribution is -2.47. The van der Waals surface area contributed by atoms with Crippen molar-refractivity contribution < 1.29 is 14.7 Å². The lowest BCUT2D eigenvalue weighted by molar-refractivity contribution is -0.130. The number of hydrogen-bond donors (Lipinski definition) is 1. The maximum Gasteiger partial charge on any atom is 0.258 e. The van der Waals surface area contributed by atoms with Gasteiger partial charge in [-0.25, -0.2) is 0 Å². The molecule has 1 fully saturated rings. The Bertz CT molecular complexity index is 945. The van der Waals surface area contributed by atoms with E-state index in [0.717, 1.165) is 23.2 Å². The van der Waals surface area contributed by atoms with Crippen molar-refractivity contribution in [2.45, 2.75) is 19.3 Å². The fourth-order valence-electron chi connectivity index (χ4n) is 3.88. The van der Waals surface area contributed by atoms with Gasteiger partial charge in [-0.05, 0) is 48.2 Å². The molecule has 0 aliphatic carbocycles. The van der Waals surface area contributed by atoms with Gasteiger partial charge in [-0.1, -0.05) is 24.8 Å². The number of amides is 2. The summed E-state index contributed by atoms with van der Waals surface area (Å²) in [5.41, 5.74) is 4.66. The fourth-order valence-corrected chi connectivity index (χ4v) is 3.88. The van der Waals surface area contributed by atoms with Gasteiger partial charge in [0.2, 0.25) is 5.91 Å². The van der Waals surface area contributed by atoms with Gasteiger partial charge in [0.15, 0.2) is 0 Å². The van der Waals surface area contributed by atoms with E-state index in [-0.39, 0.29) is 17.6 Å². The van der Waals surface area contributed by atoms with Crippen molar-refractivity contribution in [1.29, 1.82) is 0 Å². The molecule has 27 heavy (non-hydrogen) atoms. The van der Waals surface area contributed by atoms with Crippen molar-refractivity contribution in [1.82, 2.24) is 4.90 Å². The van der Waals surface area contributed by atoms with Gasteiger partial charge in [0.05, 0.1) is 5.69 Å². The summed E-state index contributed by atoms with van der Waals surface area (Å²) in [6, 6.07) is 11.1. The van der Waals surface area contributed by atoms with Crippen molar-refractivity contribution >= 4 is 17.5 Å². The van der Waals surface area contributed by atoms with Crippen LogP contribution in [0.3, 0.4) is 0 Å². The molecule has 2 aliphatic rings. The van der Waals surface area contributed by atoms with Crippen LogP contribution in [-0.2, 0) is 11.2 Å². The molecule has 0 aromatic heterocycles. The maximum absolute atomic E-state index is 13.0. The lowest BCUT2D eigenvalue weighted by Gasteiger charge is -2.39. The van der Waals surface area contributed by atoms with Crippen LogP contribution >= 0.6 is 0 Å². The molecule has 1 saturated heterocycles. The molecule has 2 heterocycles. The molecule has 2 aliphatic heterocycles. The van der Waals surface area contributed by atoms with Gasteiger partial charge in [-0.2, -0.15) is 0 Å². The summed E-state index contributed by atoms with van der Waals surface area (Å²) in [6.07, 6.45) is 2.12. The molecule has 0 spiro atoms. The minimum Gasteiger partial charge on any atom is -0.508 e. The Kier molecular flexibility index (Phi) is 4.22. The molecule has 2 amide bonds. The molecule has 2 aromatic rings. The number of anilines is 1. The molecular formula is C22H22N2O3. The van der Waals surface area contributed by atoms with Crippen molar-refractivity contribution in [3.8, 4) is 5.75 Å². The second-order valence-corrected chi connectivity index (χ2v) is 7.24. The smallest absolute Gasteiger partial charge is 0.258 e. The highest BCUT2D eigenvalue weighted by atomic mass is 16.3. The maximum atomic E-state index is 13.0. The summed E-state index contributed by atoms with van der Waals surface area (Å²) in [5.74, 6) is 0.416. The first kappa shape index (κ1) is 17.3. The average molecular weight is 362 g/mol. The standard InChI is InChI=1S/C22H22N2O3/c1-3-21(26)23-12-17(13-23)15-5-7-19-16(10-15)8-9-24(22(19)27)20-11-18(25)6-4-14(20)2/h3-7,10-11,17,25H,1,8-9,12-13H2,2H3. The molecule has 4 rings (SSSR count). The van der Waals surface area contributed by atoms with Crippen LogP contribution in [0, 0.1) is 6.92 Å². The summed E-state index contributed by atoms with van der Waals surface area (Å²) in [6.45, 7) is 7.45. The highest BCUT2D eigenvalue weighted by molar-refractivity contribution is 6.08. The topological polar surface area (TPSA) is 60.9 Å². The van der Waals surface area contributed by atoms with Crippen LogP contribution in [0.25, 0.3) is 0 Å². The van der Waals surface area contributed by atoms with E-state index >= 15 is 0 Å². The van der Waals surface area contributed by atoms with E-state index in [2.05, 4.69) is 12.6 Å². The molecule has 2 aromatic carbocycles. The Balaban J connectivity index is 1.55. The largest absolute Gasteiger partial charge is 0.508 e. The Morgan fingerprint density at radius 1 is 1.22 bits per heavy atom. The number of aromatic hydroxyl groups is 1. The fraction of sp³-hybridized carbons (Fsp3) is 0.273. The zero-order valence-corrected chi connectivity index (χ0v) is 15.3. The number of phenolic OH excluding ortho intramolecular Hbond substituents is 1. The third-order valence-corrected chi connectivity index (χ3v) is 5.53. The minimum atomic E-state index is -0.0337. The zero-order chi connectivity index (χ0) is 19.1. The molecule has 5 heteroatoms. The second kappa shape index (κ2) is 6.58. The SMILES string of the molecule is C=CC(=O)N1CC(c2ccc3c(c2)CCN(c2cc(O)ccc2C)C3=O)C1. The third-order valence-electron chi connectivity index (χ3n) is 5.53. The first-order valence-electron chi connectivity index (χ1n) is 9.13. The number of likely N-dealkylation sites (tertiary alicyclic amines) is 1. The van der Waals surface area contributed by atoms with Crippen molar-refractivity contribution in [2.75, 3.05) is 24.5 Å².